The Morgan fingerprint density at radius 1 is 1.47 bits per heavy atom. The Labute approximate surface area is 95.4 Å². The molecular weight excluding hydrogens is 184 g/mol. The quantitative estimate of drug-likeness (QED) is 0.752. The Bertz CT molecular complexity index is 181. The maximum Gasteiger partial charge on any atom is 0.00475 e. The summed E-state index contributed by atoms with van der Waals surface area (Å²) in [5.74, 6) is 0.898. The molecule has 0 aromatic carbocycles. The van der Waals surface area contributed by atoms with Gasteiger partial charge in [0.1, 0.15) is 0 Å². The summed E-state index contributed by atoms with van der Waals surface area (Å²) in [6.45, 7) is 12.1. The molecule has 2 unspecified atom stereocenters. The molecule has 90 valence electrons. The van der Waals surface area contributed by atoms with E-state index in [1.165, 1.54) is 38.9 Å². The minimum Gasteiger partial charge on any atom is -0.319 e. The monoisotopic (exact) mass is 212 g/mol. The van der Waals surface area contributed by atoms with E-state index in [9.17, 15) is 0 Å². The van der Waals surface area contributed by atoms with Gasteiger partial charge in [0.2, 0.25) is 0 Å². The maximum atomic E-state index is 3.33. The molecule has 1 fully saturated rings. The predicted molar refractivity (Wildman–Crippen MR) is 67.2 cm³/mol. The first-order valence-electron chi connectivity index (χ1n) is 6.46. The summed E-state index contributed by atoms with van der Waals surface area (Å²) in [6, 6.07) is 0. The topological polar surface area (TPSA) is 15.3 Å². The van der Waals surface area contributed by atoms with Gasteiger partial charge in [-0.15, -0.1) is 0 Å². The maximum absolute atomic E-state index is 3.33. The van der Waals surface area contributed by atoms with Crippen LogP contribution in [0, 0.1) is 11.3 Å². The molecule has 2 heteroatoms. The van der Waals surface area contributed by atoms with E-state index in [0.717, 1.165) is 12.5 Å². The van der Waals surface area contributed by atoms with Crippen LogP contribution in [0.15, 0.2) is 0 Å². The zero-order chi connectivity index (χ0) is 11.3. The van der Waals surface area contributed by atoms with Crippen molar-refractivity contribution in [1.29, 1.82) is 0 Å². The normalized spacial score (nSPS) is 27.6. The molecule has 0 aromatic heterocycles. The number of nitrogens with zero attached hydrogens (tertiary/aromatic N) is 1. The summed E-state index contributed by atoms with van der Waals surface area (Å²) in [5, 5.41) is 3.33. The van der Waals surface area contributed by atoms with Crippen molar-refractivity contribution in [2.45, 2.75) is 40.0 Å². The van der Waals surface area contributed by atoms with Gasteiger partial charge in [-0.2, -0.15) is 0 Å². The second-order valence-electron chi connectivity index (χ2n) is 5.68. The van der Waals surface area contributed by atoms with Crippen molar-refractivity contribution in [1.82, 2.24) is 10.2 Å². The lowest BCUT2D eigenvalue weighted by molar-refractivity contribution is 0.113. The average molecular weight is 212 g/mol. The summed E-state index contributed by atoms with van der Waals surface area (Å²) in [5.41, 5.74) is 0.450. The Hall–Kier alpha value is -0.0800. The van der Waals surface area contributed by atoms with E-state index in [0.29, 0.717) is 5.41 Å². The molecule has 1 rings (SSSR count). The number of hydrogen-bond donors (Lipinski definition) is 1. The number of rotatable bonds is 5. The van der Waals surface area contributed by atoms with E-state index in [2.05, 4.69) is 38.0 Å². The van der Waals surface area contributed by atoms with Gasteiger partial charge in [0.15, 0.2) is 0 Å². The molecule has 0 spiro atoms. The fraction of sp³-hybridized carbons (Fsp3) is 1.00. The van der Waals surface area contributed by atoms with Crippen LogP contribution < -0.4 is 5.32 Å². The molecule has 0 amide bonds. The highest BCUT2D eigenvalue weighted by Gasteiger charge is 2.26. The minimum absolute atomic E-state index is 0.450. The van der Waals surface area contributed by atoms with Gasteiger partial charge in [0.25, 0.3) is 0 Å². The SMILES string of the molecule is CCC(C)(CNC)CN1CCCC(C)C1. The Balaban J connectivity index is 2.43. The van der Waals surface area contributed by atoms with E-state index >= 15 is 0 Å². The average Bonchev–Trinajstić information content (AvgIpc) is 2.18. The summed E-state index contributed by atoms with van der Waals surface area (Å²) in [7, 11) is 2.06. The van der Waals surface area contributed by atoms with Crippen molar-refractivity contribution >= 4 is 0 Å². The van der Waals surface area contributed by atoms with Crippen molar-refractivity contribution in [3.63, 3.8) is 0 Å². The third-order valence-corrected chi connectivity index (χ3v) is 3.80. The molecule has 1 N–H and O–H groups in total. The van der Waals surface area contributed by atoms with Crippen LogP contribution in [-0.2, 0) is 0 Å². The van der Waals surface area contributed by atoms with E-state index in [1.807, 2.05) is 0 Å². The van der Waals surface area contributed by atoms with Crippen LogP contribution in [0.3, 0.4) is 0 Å². The highest BCUT2D eigenvalue weighted by atomic mass is 15.1. The van der Waals surface area contributed by atoms with Crippen LogP contribution in [0.4, 0.5) is 0 Å². The van der Waals surface area contributed by atoms with Crippen molar-refractivity contribution in [2.24, 2.45) is 11.3 Å². The molecule has 0 aliphatic carbocycles. The minimum atomic E-state index is 0.450. The van der Waals surface area contributed by atoms with Crippen LogP contribution in [0.25, 0.3) is 0 Å². The van der Waals surface area contributed by atoms with Gasteiger partial charge in [-0.1, -0.05) is 20.8 Å². The van der Waals surface area contributed by atoms with Gasteiger partial charge in [-0.25, -0.2) is 0 Å². The smallest absolute Gasteiger partial charge is 0.00475 e. The third kappa shape index (κ3) is 4.12. The lowest BCUT2D eigenvalue weighted by Crippen LogP contribution is -2.44. The van der Waals surface area contributed by atoms with Gasteiger partial charge < -0.3 is 10.2 Å². The molecule has 1 heterocycles. The molecule has 1 aliphatic heterocycles. The van der Waals surface area contributed by atoms with Crippen molar-refractivity contribution in [2.75, 3.05) is 33.2 Å². The second-order valence-corrected chi connectivity index (χ2v) is 5.68. The van der Waals surface area contributed by atoms with E-state index in [4.69, 9.17) is 0 Å². The molecule has 2 atom stereocenters. The van der Waals surface area contributed by atoms with Crippen molar-refractivity contribution in [3.05, 3.63) is 0 Å². The summed E-state index contributed by atoms with van der Waals surface area (Å²) in [4.78, 5) is 2.66. The first kappa shape index (κ1) is 13.0. The number of hydrogen-bond acceptors (Lipinski definition) is 2. The van der Waals surface area contributed by atoms with Crippen LogP contribution in [0.5, 0.6) is 0 Å². The third-order valence-electron chi connectivity index (χ3n) is 3.80. The van der Waals surface area contributed by atoms with Gasteiger partial charge in [-0.05, 0) is 44.2 Å². The molecular formula is C13H28N2. The van der Waals surface area contributed by atoms with Crippen LogP contribution in [0.1, 0.15) is 40.0 Å². The summed E-state index contributed by atoms with van der Waals surface area (Å²) < 4.78 is 0. The van der Waals surface area contributed by atoms with Gasteiger partial charge >= 0.3 is 0 Å². The summed E-state index contributed by atoms with van der Waals surface area (Å²) in [6.07, 6.45) is 4.07. The largest absolute Gasteiger partial charge is 0.319 e. The number of nitrogens with one attached hydrogen (secondary N) is 1. The number of likely N-dealkylation sites (tertiary alicyclic amines) is 1. The van der Waals surface area contributed by atoms with Crippen LogP contribution in [0.2, 0.25) is 0 Å². The highest BCUT2D eigenvalue weighted by Crippen LogP contribution is 2.24. The highest BCUT2D eigenvalue weighted by molar-refractivity contribution is 4.81. The standard InChI is InChI=1S/C13H28N2/c1-5-13(3,10-14-4)11-15-8-6-7-12(2)9-15/h12,14H,5-11H2,1-4H3. The van der Waals surface area contributed by atoms with Crippen molar-refractivity contribution < 1.29 is 0 Å². The lowest BCUT2D eigenvalue weighted by atomic mass is 9.85. The molecule has 0 saturated carbocycles. The fourth-order valence-corrected chi connectivity index (χ4v) is 2.69. The Morgan fingerprint density at radius 3 is 2.73 bits per heavy atom. The fourth-order valence-electron chi connectivity index (χ4n) is 2.69. The predicted octanol–water partition coefficient (Wildman–Crippen LogP) is 2.35. The second kappa shape index (κ2) is 5.86. The lowest BCUT2D eigenvalue weighted by Gasteiger charge is -2.38. The molecule has 0 radical (unpaired) electrons. The molecule has 15 heavy (non-hydrogen) atoms. The zero-order valence-corrected chi connectivity index (χ0v) is 11.0. The molecule has 0 bridgehead atoms. The molecule has 1 aliphatic rings. The van der Waals surface area contributed by atoms with E-state index in [-0.39, 0.29) is 0 Å². The Morgan fingerprint density at radius 2 is 2.20 bits per heavy atom. The Kier molecular flexibility index (Phi) is 5.07. The van der Waals surface area contributed by atoms with E-state index in [1.54, 1.807) is 0 Å². The van der Waals surface area contributed by atoms with Gasteiger partial charge in [0.05, 0.1) is 0 Å². The van der Waals surface area contributed by atoms with Gasteiger partial charge in [-0.3, -0.25) is 0 Å². The zero-order valence-electron chi connectivity index (χ0n) is 11.0. The van der Waals surface area contributed by atoms with Crippen molar-refractivity contribution in [3.8, 4) is 0 Å². The molecule has 2 nitrogen and oxygen atoms in total. The summed E-state index contributed by atoms with van der Waals surface area (Å²) >= 11 is 0. The van der Waals surface area contributed by atoms with Gasteiger partial charge in [0, 0.05) is 19.6 Å². The first-order chi connectivity index (χ1) is 7.09. The number of piperidine rings is 1. The van der Waals surface area contributed by atoms with E-state index < -0.39 is 0 Å². The molecule has 1 saturated heterocycles. The van der Waals surface area contributed by atoms with Crippen LogP contribution in [-0.4, -0.2) is 38.1 Å². The van der Waals surface area contributed by atoms with Crippen LogP contribution >= 0.6 is 0 Å². The first-order valence-corrected chi connectivity index (χ1v) is 6.46. The molecule has 0 aromatic rings.